The van der Waals surface area contributed by atoms with Crippen molar-refractivity contribution in [3.05, 3.63) is 46.2 Å². The Bertz CT molecular complexity index is 783. The molecule has 3 heterocycles. The van der Waals surface area contributed by atoms with E-state index in [2.05, 4.69) is 26.1 Å². The lowest BCUT2D eigenvalue weighted by Gasteiger charge is -2.41. The normalized spacial score (nSPS) is 19.0. The maximum absolute atomic E-state index is 11.3. The zero-order chi connectivity index (χ0) is 17.4. The van der Waals surface area contributed by atoms with E-state index in [-0.39, 0.29) is 5.69 Å². The molecule has 2 aromatic rings. The summed E-state index contributed by atoms with van der Waals surface area (Å²) < 4.78 is 0. The highest BCUT2D eigenvalue weighted by Crippen LogP contribution is 2.30. The lowest BCUT2D eigenvalue weighted by Crippen LogP contribution is -2.46. The van der Waals surface area contributed by atoms with Crippen LogP contribution in [0.5, 0.6) is 0 Å². The number of hydrogen-bond donors (Lipinski definition) is 2. The molecule has 0 saturated carbocycles. The standard InChI is InChI=1S/C18H21ClN4O2/c19-14-3-1-2-4-16(14)22-8-5-12(6-9-22)23-10-7-15-13(11-23)17(18(24)25)21-20-15/h1-4,12H,5-11H2,(H,20,21)(H,24,25). The monoisotopic (exact) mass is 360 g/mol. The number of halogens is 1. The van der Waals surface area contributed by atoms with Crippen molar-refractivity contribution in [1.82, 2.24) is 15.1 Å². The number of piperidine rings is 1. The smallest absolute Gasteiger partial charge is 0.356 e. The van der Waals surface area contributed by atoms with Crippen molar-refractivity contribution in [3.63, 3.8) is 0 Å². The Kier molecular flexibility index (Phi) is 4.39. The molecule has 2 aliphatic rings. The summed E-state index contributed by atoms with van der Waals surface area (Å²) in [6.07, 6.45) is 2.95. The maximum Gasteiger partial charge on any atom is 0.356 e. The van der Waals surface area contributed by atoms with Crippen molar-refractivity contribution < 1.29 is 9.90 Å². The largest absolute Gasteiger partial charge is 0.476 e. The van der Waals surface area contributed by atoms with Gasteiger partial charge in [-0.15, -0.1) is 0 Å². The van der Waals surface area contributed by atoms with Gasteiger partial charge in [0.2, 0.25) is 0 Å². The molecule has 0 radical (unpaired) electrons. The Hall–Kier alpha value is -2.05. The van der Waals surface area contributed by atoms with Crippen LogP contribution in [0.1, 0.15) is 34.6 Å². The number of hydrogen-bond acceptors (Lipinski definition) is 4. The van der Waals surface area contributed by atoms with Crippen LogP contribution >= 0.6 is 11.6 Å². The van der Waals surface area contributed by atoms with Crippen molar-refractivity contribution in [2.45, 2.75) is 31.8 Å². The van der Waals surface area contributed by atoms with E-state index >= 15 is 0 Å². The molecule has 0 aliphatic carbocycles. The van der Waals surface area contributed by atoms with Gasteiger partial charge in [-0.2, -0.15) is 5.10 Å². The van der Waals surface area contributed by atoms with Crippen LogP contribution in [-0.2, 0) is 13.0 Å². The van der Waals surface area contributed by atoms with Gasteiger partial charge in [0.05, 0.1) is 10.7 Å². The predicted octanol–water partition coefficient (Wildman–Crippen LogP) is 2.79. The molecule has 1 aromatic heterocycles. The Morgan fingerprint density at radius 3 is 2.72 bits per heavy atom. The van der Waals surface area contributed by atoms with Crippen molar-refractivity contribution in [1.29, 1.82) is 0 Å². The summed E-state index contributed by atoms with van der Waals surface area (Å²) in [5.41, 5.74) is 3.11. The van der Waals surface area contributed by atoms with Crippen LogP contribution < -0.4 is 4.90 Å². The summed E-state index contributed by atoms with van der Waals surface area (Å²) in [7, 11) is 0. The number of rotatable bonds is 3. The molecule has 0 amide bonds. The minimum atomic E-state index is -0.951. The Labute approximate surface area is 151 Å². The Balaban J connectivity index is 1.42. The molecule has 1 fully saturated rings. The van der Waals surface area contributed by atoms with E-state index in [0.717, 1.165) is 60.9 Å². The second-order valence-electron chi connectivity index (χ2n) is 6.72. The van der Waals surface area contributed by atoms with Gasteiger partial charge in [0.15, 0.2) is 5.69 Å². The van der Waals surface area contributed by atoms with Crippen LogP contribution in [0.25, 0.3) is 0 Å². The lowest BCUT2D eigenvalue weighted by molar-refractivity contribution is 0.0686. The van der Waals surface area contributed by atoms with E-state index in [0.29, 0.717) is 12.6 Å². The van der Waals surface area contributed by atoms with Crippen molar-refractivity contribution in [3.8, 4) is 0 Å². The molecule has 0 atom stereocenters. The van der Waals surface area contributed by atoms with Crippen LogP contribution in [0.3, 0.4) is 0 Å². The average molecular weight is 361 g/mol. The van der Waals surface area contributed by atoms with Crippen LogP contribution in [0, 0.1) is 0 Å². The number of carboxylic acid groups (broad SMARTS) is 1. The summed E-state index contributed by atoms with van der Waals surface area (Å²) in [4.78, 5) is 16.1. The summed E-state index contributed by atoms with van der Waals surface area (Å²) in [6, 6.07) is 8.45. The zero-order valence-corrected chi connectivity index (χ0v) is 14.7. The number of aromatic carboxylic acids is 1. The quantitative estimate of drug-likeness (QED) is 0.880. The van der Waals surface area contributed by atoms with Gasteiger partial charge in [-0.1, -0.05) is 23.7 Å². The highest BCUT2D eigenvalue weighted by Gasteiger charge is 2.31. The molecule has 25 heavy (non-hydrogen) atoms. The zero-order valence-electron chi connectivity index (χ0n) is 13.9. The van der Waals surface area contributed by atoms with E-state index < -0.39 is 5.97 Å². The summed E-state index contributed by atoms with van der Waals surface area (Å²) in [6.45, 7) is 3.55. The number of aromatic amines is 1. The third-order valence-corrected chi connectivity index (χ3v) is 5.66. The maximum atomic E-state index is 11.3. The van der Waals surface area contributed by atoms with Crippen LogP contribution in [0.2, 0.25) is 5.02 Å². The number of aromatic nitrogens is 2. The Morgan fingerprint density at radius 1 is 1.24 bits per heavy atom. The van der Waals surface area contributed by atoms with E-state index in [1.54, 1.807) is 0 Å². The van der Waals surface area contributed by atoms with Gasteiger partial charge < -0.3 is 10.0 Å². The van der Waals surface area contributed by atoms with E-state index in [1.807, 2.05) is 18.2 Å². The van der Waals surface area contributed by atoms with E-state index in [1.165, 1.54) is 0 Å². The van der Waals surface area contributed by atoms with Crippen molar-refractivity contribution >= 4 is 23.3 Å². The highest BCUT2D eigenvalue weighted by atomic mass is 35.5. The molecule has 0 unspecified atom stereocenters. The van der Waals surface area contributed by atoms with Gasteiger partial charge >= 0.3 is 5.97 Å². The van der Waals surface area contributed by atoms with Gasteiger partial charge in [0.25, 0.3) is 0 Å². The summed E-state index contributed by atoms with van der Waals surface area (Å²) in [5, 5.41) is 16.9. The second kappa shape index (κ2) is 6.69. The number of para-hydroxylation sites is 1. The van der Waals surface area contributed by atoms with Gasteiger partial charge in [0, 0.05) is 49.9 Å². The van der Waals surface area contributed by atoms with Crippen molar-refractivity contribution in [2.75, 3.05) is 24.5 Å². The summed E-state index contributed by atoms with van der Waals surface area (Å²) in [5.74, 6) is -0.951. The van der Waals surface area contributed by atoms with Crippen LogP contribution in [0.4, 0.5) is 5.69 Å². The van der Waals surface area contributed by atoms with E-state index in [9.17, 15) is 9.90 Å². The molecule has 6 nitrogen and oxygen atoms in total. The molecule has 0 spiro atoms. The number of carboxylic acids is 1. The molecule has 0 bridgehead atoms. The fraction of sp³-hybridized carbons (Fsp3) is 0.444. The predicted molar refractivity (Wildman–Crippen MR) is 96.3 cm³/mol. The third kappa shape index (κ3) is 3.12. The molecule has 4 rings (SSSR count). The van der Waals surface area contributed by atoms with E-state index in [4.69, 9.17) is 11.6 Å². The fourth-order valence-electron chi connectivity index (χ4n) is 3.98. The highest BCUT2D eigenvalue weighted by molar-refractivity contribution is 6.33. The lowest BCUT2D eigenvalue weighted by atomic mass is 9.97. The number of fused-ring (bicyclic) bond motifs is 1. The molecule has 1 aromatic carbocycles. The molecule has 132 valence electrons. The molecule has 1 saturated heterocycles. The Morgan fingerprint density at radius 2 is 2.00 bits per heavy atom. The van der Waals surface area contributed by atoms with Gasteiger partial charge in [0.1, 0.15) is 0 Å². The molecule has 2 aliphatic heterocycles. The van der Waals surface area contributed by atoms with Gasteiger partial charge in [-0.3, -0.25) is 10.00 Å². The molecular formula is C18H21ClN4O2. The van der Waals surface area contributed by atoms with Crippen molar-refractivity contribution in [2.24, 2.45) is 0 Å². The first-order valence-corrected chi connectivity index (χ1v) is 9.04. The molecular weight excluding hydrogens is 340 g/mol. The number of carbonyl (C=O) groups is 1. The number of nitrogens with one attached hydrogen (secondary N) is 1. The topological polar surface area (TPSA) is 72.5 Å². The number of H-pyrrole nitrogens is 1. The molecule has 2 N–H and O–H groups in total. The fourth-order valence-corrected chi connectivity index (χ4v) is 4.24. The number of anilines is 1. The summed E-state index contributed by atoms with van der Waals surface area (Å²) >= 11 is 6.32. The minimum absolute atomic E-state index is 0.174. The second-order valence-corrected chi connectivity index (χ2v) is 7.13. The molecule has 7 heteroatoms. The van der Waals surface area contributed by atoms with Gasteiger partial charge in [-0.05, 0) is 25.0 Å². The first-order chi connectivity index (χ1) is 12.1. The van der Waals surface area contributed by atoms with Gasteiger partial charge in [-0.25, -0.2) is 4.79 Å². The minimum Gasteiger partial charge on any atom is -0.476 e. The number of nitrogens with zero attached hydrogens (tertiary/aromatic N) is 3. The first-order valence-electron chi connectivity index (χ1n) is 8.66. The SMILES string of the molecule is O=C(O)c1n[nH]c2c1CN(C1CCN(c3ccccc3Cl)CC1)CC2. The van der Waals surface area contributed by atoms with Crippen LogP contribution in [0.15, 0.2) is 24.3 Å². The van der Waals surface area contributed by atoms with Crippen LogP contribution in [-0.4, -0.2) is 51.8 Å². The third-order valence-electron chi connectivity index (χ3n) is 5.34. The first kappa shape index (κ1) is 16.4. The average Bonchev–Trinajstić information content (AvgIpc) is 3.06. The number of benzene rings is 1.